The van der Waals surface area contributed by atoms with Crippen molar-refractivity contribution in [2.45, 2.75) is 19.9 Å². The van der Waals surface area contributed by atoms with E-state index >= 15 is 0 Å². The molecule has 0 unspecified atom stereocenters. The molecule has 0 amide bonds. The molecule has 0 fully saturated rings. The first kappa shape index (κ1) is 11.3. The molecule has 0 radical (unpaired) electrons. The van der Waals surface area contributed by atoms with Crippen LogP contribution in [-0.2, 0) is 6.54 Å². The molecule has 2 heterocycles. The van der Waals surface area contributed by atoms with Crippen LogP contribution in [0.4, 0.5) is 0 Å². The van der Waals surface area contributed by atoms with Gasteiger partial charge in [-0.3, -0.25) is 19.1 Å². The minimum Gasteiger partial charge on any atom is -0.298 e. The van der Waals surface area contributed by atoms with Crippen LogP contribution in [-0.4, -0.2) is 20.8 Å². The van der Waals surface area contributed by atoms with Gasteiger partial charge in [-0.2, -0.15) is 0 Å². The summed E-state index contributed by atoms with van der Waals surface area (Å²) >= 11 is 0. The average molecular weight is 233 g/mol. The Morgan fingerprint density at radius 3 is 2.88 bits per heavy atom. The molecule has 88 valence electrons. The molecule has 0 bridgehead atoms. The van der Waals surface area contributed by atoms with E-state index in [4.69, 9.17) is 0 Å². The number of aryl methyl sites for hydroxylation is 1. The van der Waals surface area contributed by atoms with Gasteiger partial charge in [0.2, 0.25) is 0 Å². The summed E-state index contributed by atoms with van der Waals surface area (Å²) in [6.45, 7) is 2.39. The van der Waals surface area contributed by atoms with Crippen molar-refractivity contribution in [3.05, 3.63) is 38.7 Å². The molecule has 0 atom stereocenters. The molecule has 0 spiro atoms. The second-order valence-corrected chi connectivity index (χ2v) is 3.67. The van der Waals surface area contributed by atoms with Crippen molar-refractivity contribution in [3.63, 3.8) is 0 Å². The van der Waals surface area contributed by atoms with Crippen LogP contribution in [0.2, 0.25) is 0 Å². The summed E-state index contributed by atoms with van der Waals surface area (Å²) in [4.78, 5) is 40.0. The summed E-state index contributed by atoms with van der Waals surface area (Å²) in [5.41, 5.74) is -0.375. The first-order valence-electron chi connectivity index (χ1n) is 5.25. The second kappa shape index (κ2) is 4.32. The first-order chi connectivity index (χ1) is 8.17. The van der Waals surface area contributed by atoms with E-state index in [9.17, 15) is 14.4 Å². The molecule has 0 aliphatic heterocycles. The SMILES string of the molecule is CCCn1c(=O)[nH]c(=O)c2cc(C=O)cnc21. The molecule has 2 aromatic rings. The predicted octanol–water partition coefficient (Wildman–Crippen LogP) is 0.307. The number of fused-ring (bicyclic) bond motifs is 1. The van der Waals surface area contributed by atoms with Crippen LogP contribution in [0.1, 0.15) is 23.7 Å². The van der Waals surface area contributed by atoms with Crippen LogP contribution in [0.5, 0.6) is 0 Å². The Labute approximate surface area is 95.9 Å². The number of aromatic amines is 1. The van der Waals surface area contributed by atoms with Crippen LogP contribution >= 0.6 is 0 Å². The summed E-state index contributed by atoms with van der Waals surface area (Å²) in [5.74, 6) is 0. The standard InChI is InChI=1S/C11H11N3O3/c1-2-3-14-9-8(10(16)13-11(14)17)4-7(6-15)5-12-9/h4-6H,2-3H2,1H3,(H,13,16,17). The van der Waals surface area contributed by atoms with Crippen molar-refractivity contribution in [3.8, 4) is 0 Å². The summed E-state index contributed by atoms with van der Waals surface area (Å²) < 4.78 is 1.39. The zero-order valence-electron chi connectivity index (χ0n) is 9.27. The van der Waals surface area contributed by atoms with E-state index in [-0.39, 0.29) is 5.39 Å². The zero-order valence-corrected chi connectivity index (χ0v) is 9.27. The molecule has 0 aromatic carbocycles. The smallest absolute Gasteiger partial charge is 0.298 e. The lowest BCUT2D eigenvalue weighted by Crippen LogP contribution is -2.30. The fraction of sp³-hybridized carbons (Fsp3) is 0.273. The van der Waals surface area contributed by atoms with Gasteiger partial charge in [-0.15, -0.1) is 0 Å². The van der Waals surface area contributed by atoms with Crippen molar-refractivity contribution in [1.82, 2.24) is 14.5 Å². The van der Waals surface area contributed by atoms with Crippen LogP contribution in [0, 0.1) is 0 Å². The minimum atomic E-state index is -0.520. The van der Waals surface area contributed by atoms with E-state index in [1.165, 1.54) is 16.8 Å². The van der Waals surface area contributed by atoms with Gasteiger partial charge in [0, 0.05) is 18.3 Å². The van der Waals surface area contributed by atoms with E-state index in [0.717, 1.165) is 6.42 Å². The molecule has 17 heavy (non-hydrogen) atoms. The number of H-pyrrole nitrogens is 1. The van der Waals surface area contributed by atoms with Gasteiger partial charge in [-0.25, -0.2) is 9.78 Å². The topological polar surface area (TPSA) is 84.8 Å². The lowest BCUT2D eigenvalue weighted by Gasteiger charge is -2.06. The Morgan fingerprint density at radius 1 is 1.47 bits per heavy atom. The molecule has 2 rings (SSSR count). The molecule has 0 saturated heterocycles. The summed E-state index contributed by atoms with van der Waals surface area (Å²) in [5, 5.41) is 0.252. The van der Waals surface area contributed by atoms with Crippen molar-refractivity contribution in [1.29, 1.82) is 0 Å². The van der Waals surface area contributed by atoms with Gasteiger partial charge >= 0.3 is 5.69 Å². The first-order valence-corrected chi connectivity index (χ1v) is 5.25. The third-order valence-electron chi connectivity index (χ3n) is 2.44. The predicted molar refractivity (Wildman–Crippen MR) is 62.3 cm³/mol. The van der Waals surface area contributed by atoms with Crippen molar-refractivity contribution in [2.75, 3.05) is 0 Å². The van der Waals surface area contributed by atoms with Crippen molar-refractivity contribution < 1.29 is 4.79 Å². The molecule has 2 aromatic heterocycles. The number of nitrogens with one attached hydrogen (secondary N) is 1. The molecular formula is C11H11N3O3. The van der Waals surface area contributed by atoms with Gasteiger partial charge in [0.05, 0.1) is 5.39 Å². The summed E-state index contributed by atoms with van der Waals surface area (Å²) in [6, 6.07) is 1.43. The largest absolute Gasteiger partial charge is 0.329 e. The maximum absolute atomic E-state index is 11.6. The van der Waals surface area contributed by atoms with Crippen molar-refractivity contribution in [2.24, 2.45) is 0 Å². The number of pyridine rings is 1. The highest BCUT2D eigenvalue weighted by Crippen LogP contribution is 2.06. The third-order valence-corrected chi connectivity index (χ3v) is 2.44. The van der Waals surface area contributed by atoms with Gasteiger partial charge in [0.1, 0.15) is 5.65 Å². The van der Waals surface area contributed by atoms with Crippen LogP contribution in [0.25, 0.3) is 11.0 Å². The highest BCUT2D eigenvalue weighted by Gasteiger charge is 2.08. The number of carbonyl (C=O) groups is 1. The lowest BCUT2D eigenvalue weighted by atomic mass is 10.2. The fourth-order valence-electron chi connectivity index (χ4n) is 1.68. The van der Waals surface area contributed by atoms with E-state index in [2.05, 4.69) is 9.97 Å². The molecule has 0 saturated carbocycles. The molecule has 6 nitrogen and oxygen atoms in total. The normalized spacial score (nSPS) is 10.6. The lowest BCUT2D eigenvalue weighted by molar-refractivity contribution is 0.112. The quantitative estimate of drug-likeness (QED) is 0.773. The monoisotopic (exact) mass is 233 g/mol. The number of rotatable bonds is 3. The maximum atomic E-state index is 11.6. The van der Waals surface area contributed by atoms with E-state index in [1.807, 2.05) is 6.92 Å². The maximum Gasteiger partial charge on any atom is 0.329 e. The highest BCUT2D eigenvalue weighted by atomic mass is 16.2. The van der Waals surface area contributed by atoms with Crippen LogP contribution in [0.3, 0.4) is 0 Å². The zero-order chi connectivity index (χ0) is 12.4. The molecule has 1 N–H and O–H groups in total. The number of carbonyl (C=O) groups excluding carboxylic acids is 1. The van der Waals surface area contributed by atoms with Gasteiger partial charge in [0.15, 0.2) is 6.29 Å². The number of hydrogen-bond acceptors (Lipinski definition) is 4. The minimum absolute atomic E-state index is 0.252. The Hall–Kier alpha value is -2.24. The number of aldehydes is 1. The number of nitrogens with zero attached hydrogens (tertiary/aromatic N) is 2. The Morgan fingerprint density at radius 2 is 2.24 bits per heavy atom. The summed E-state index contributed by atoms with van der Waals surface area (Å²) in [7, 11) is 0. The average Bonchev–Trinajstić information content (AvgIpc) is 2.34. The third kappa shape index (κ3) is 1.89. The Kier molecular flexibility index (Phi) is 2.86. The number of aromatic nitrogens is 3. The van der Waals surface area contributed by atoms with E-state index in [0.29, 0.717) is 24.0 Å². The van der Waals surface area contributed by atoms with Gasteiger partial charge in [0.25, 0.3) is 5.56 Å². The van der Waals surface area contributed by atoms with E-state index < -0.39 is 11.2 Å². The molecule has 0 aliphatic rings. The van der Waals surface area contributed by atoms with Crippen LogP contribution in [0.15, 0.2) is 21.9 Å². The molecule has 0 aliphatic carbocycles. The Bertz CT molecular complexity index is 684. The second-order valence-electron chi connectivity index (χ2n) is 3.67. The fourth-order valence-corrected chi connectivity index (χ4v) is 1.68. The van der Waals surface area contributed by atoms with Gasteiger partial charge < -0.3 is 0 Å². The highest BCUT2D eigenvalue weighted by molar-refractivity contribution is 5.83. The van der Waals surface area contributed by atoms with Gasteiger partial charge in [-0.05, 0) is 12.5 Å². The number of hydrogen-bond donors (Lipinski definition) is 1. The van der Waals surface area contributed by atoms with Crippen LogP contribution < -0.4 is 11.2 Å². The van der Waals surface area contributed by atoms with Gasteiger partial charge in [-0.1, -0.05) is 6.92 Å². The van der Waals surface area contributed by atoms with Crippen molar-refractivity contribution >= 4 is 17.3 Å². The molecular weight excluding hydrogens is 222 g/mol. The molecule has 6 heteroatoms. The Balaban J connectivity index is 2.88. The summed E-state index contributed by atoms with van der Waals surface area (Å²) in [6.07, 6.45) is 2.71. The van der Waals surface area contributed by atoms with E-state index in [1.54, 1.807) is 0 Å².